The Morgan fingerprint density at radius 1 is 0.783 bits per heavy atom. The van der Waals surface area contributed by atoms with E-state index >= 15 is 0 Å². The van der Waals surface area contributed by atoms with Gasteiger partial charge in [-0.2, -0.15) is 0 Å². The molecule has 0 bridgehead atoms. The van der Waals surface area contributed by atoms with E-state index in [-0.39, 0.29) is 6.42 Å². The SMILES string of the molecule is O=C(O)CCCCC(C(=O)O)(c1ccccc1)c1ccccc1. The average Bonchev–Trinajstić information content (AvgIpc) is 2.56. The van der Waals surface area contributed by atoms with Crippen molar-refractivity contribution >= 4 is 11.9 Å². The fraction of sp³-hybridized carbons (Fsp3) is 0.263. The number of unbranched alkanes of at least 4 members (excludes halogenated alkanes) is 1. The van der Waals surface area contributed by atoms with Crippen molar-refractivity contribution in [2.24, 2.45) is 0 Å². The number of carbonyl (C=O) groups is 2. The molecule has 0 aliphatic heterocycles. The minimum absolute atomic E-state index is 0.0548. The van der Waals surface area contributed by atoms with Crippen LogP contribution in [0, 0.1) is 0 Å². The van der Waals surface area contributed by atoms with Gasteiger partial charge < -0.3 is 10.2 Å². The minimum atomic E-state index is -1.15. The summed E-state index contributed by atoms with van der Waals surface area (Å²) in [4.78, 5) is 22.9. The summed E-state index contributed by atoms with van der Waals surface area (Å²) in [5, 5.41) is 18.8. The lowest BCUT2D eigenvalue weighted by atomic mass is 9.71. The van der Waals surface area contributed by atoms with Crippen LogP contribution in [0.2, 0.25) is 0 Å². The zero-order chi connectivity index (χ0) is 16.7. The molecule has 4 nitrogen and oxygen atoms in total. The second-order valence-corrected chi connectivity index (χ2v) is 5.54. The second kappa shape index (κ2) is 7.58. The molecule has 23 heavy (non-hydrogen) atoms. The monoisotopic (exact) mass is 312 g/mol. The quantitative estimate of drug-likeness (QED) is 0.729. The van der Waals surface area contributed by atoms with Crippen LogP contribution in [0.15, 0.2) is 60.7 Å². The highest BCUT2D eigenvalue weighted by atomic mass is 16.4. The van der Waals surface area contributed by atoms with Crippen molar-refractivity contribution in [2.45, 2.75) is 31.1 Å². The molecule has 4 heteroatoms. The van der Waals surface area contributed by atoms with Crippen LogP contribution in [0.4, 0.5) is 0 Å². The summed E-state index contributed by atoms with van der Waals surface area (Å²) in [5.41, 5.74) is 0.282. The van der Waals surface area contributed by atoms with Gasteiger partial charge >= 0.3 is 11.9 Å². The van der Waals surface area contributed by atoms with Crippen molar-refractivity contribution < 1.29 is 19.8 Å². The van der Waals surface area contributed by atoms with Gasteiger partial charge in [0.2, 0.25) is 0 Å². The summed E-state index contributed by atoms with van der Waals surface area (Å²) < 4.78 is 0. The molecule has 0 aliphatic carbocycles. The topological polar surface area (TPSA) is 74.6 Å². The Hall–Kier alpha value is -2.62. The maximum absolute atomic E-state index is 12.2. The van der Waals surface area contributed by atoms with Crippen molar-refractivity contribution in [3.05, 3.63) is 71.8 Å². The maximum Gasteiger partial charge on any atom is 0.318 e. The number of hydrogen-bond donors (Lipinski definition) is 2. The average molecular weight is 312 g/mol. The van der Waals surface area contributed by atoms with E-state index < -0.39 is 17.4 Å². The van der Waals surface area contributed by atoms with E-state index in [0.717, 1.165) is 0 Å². The summed E-state index contributed by atoms with van der Waals surface area (Å²) >= 11 is 0. The summed E-state index contributed by atoms with van der Waals surface area (Å²) in [7, 11) is 0. The van der Waals surface area contributed by atoms with Gasteiger partial charge in [0.05, 0.1) is 0 Å². The molecule has 0 saturated carbocycles. The smallest absolute Gasteiger partial charge is 0.318 e. The Kier molecular flexibility index (Phi) is 5.52. The number of carboxylic acids is 2. The zero-order valence-corrected chi connectivity index (χ0v) is 12.8. The van der Waals surface area contributed by atoms with Crippen LogP contribution < -0.4 is 0 Å². The third-order valence-electron chi connectivity index (χ3n) is 4.09. The molecule has 0 aromatic heterocycles. The van der Waals surface area contributed by atoms with Gasteiger partial charge in [0.25, 0.3) is 0 Å². The highest BCUT2D eigenvalue weighted by molar-refractivity contribution is 5.86. The molecular weight excluding hydrogens is 292 g/mol. The van der Waals surface area contributed by atoms with E-state index in [9.17, 15) is 14.7 Å². The van der Waals surface area contributed by atoms with Crippen molar-refractivity contribution in [1.82, 2.24) is 0 Å². The van der Waals surface area contributed by atoms with Gasteiger partial charge in [-0.15, -0.1) is 0 Å². The Morgan fingerprint density at radius 3 is 1.65 bits per heavy atom. The summed E-state index contributed by atoms with van der Waals surface area (Å²) in [6.07, 6.45) is 1.41. The summed E-state index contributed by atoms with van der Waals surface area (Å²) in [5.74, 6) is -1.77. The summed E-state index contributed by atoms with van der Waals surface area (Å²) in [6, 6.07) is 18.3. The molecule has 0 aliphatic rings. The maximum atomic E-state index is 12.2. The molecule has 0 amide bonds. The number of carboxylic acid groups (broad SMARTS) is 2. The lowest BCUT2D eigenvalue weighted by molar-refractivity contribution is -0.142. The number of benzene rings is 2. The van der Waals surface area contributed by atoms with E-state index in [4.69, 9.17) is 5.11 Å². The minimum Gasteiger partial charge on any atom is -0.481 e. The van der Waals surface area contributed by atoms with E-state index in [0.29, 0.717) is 30.4 Å². The molecule has 0 saturated heterocycles. The van der Waals surface area contributed by atoms with Gasteiger partial charge in [-0.05, 0) is 24.0 Å². The van der Waals surface area contributed by atoms with E-state index in [1.807, 2.05) is 60.7 Å². The summed E-state index contributed by atoms with van der Waals surface area (Å²) in [6.45, 7) is 0. The number of hydrogen-bond acceptors (Lipinski definition) is 2. The normalized spacial score (nSPS) is 11.1. The predicted octanol–water partition coefficient (Wildman–Crippen LogP) is 3.70. The Labute approximate surface area is 135 Å². The molecule has 120 valence electrons. The first kappa shape index (κ1) is 16.7. The van der Waals surface area contributed by atoms with Gasteiger partial charge in [0.15, 0.2) is 0 Å². The predicted molar refractivity (Wildman–Crippen MR) is 87.4 cm³/mol. The molecule has 0 heterocycles. The first-order valence-corrected chi connectivity index (χ1v) is 7.63. The number of aliphatic carboxylic acids is 2. The molecular formula is C19H20O4. The van der Waals surface area contributed by atoms with Crippen molar-refractivity contribution in [3.63, 3.8) is 0 Å². The third kappa shape index (κ3) is 3.77. The van der Waals surface area contributed by atoms with Gasteiger partial charge in [0.1, 0.15) is 5.41 Å². The lowest BCUT2D eigenvalue weighted by Gasteiger charge is -2.31. The van der Waals surface area contributed by atoms with Crippen molar-refractivity contribution in [2.75, 3.05) is 0 Å². The molecule has 2 rings (SSSR count). The molecule has 0 fully saturated rings. The van der Waals surface area contributed by atoms with Gasteiger partial charge in [-0.3, -0.25) is 9.59 Å². The third-order valence-corrected chi connectivity index (χ3v) is 4.09. The van der Waals surface area contributed by atoms with Gasteiger partial charge in [-0.1, -0.05) is 67.1 Å². The van der Waals surface area contributed by atoms with Crippen LogP contribution in [0.3, 0.4) is 0 Å². The molecule has 0 radical (unpaired) electrons. The van der Waals surface area contributed by atoms with Crippen LogP contribution in [-0.4, -0.2) is 22.2 Å². The van der Waals surface area contributed by atoms with Crippen molar-refractivity contribution in [1.29, 1.82) is 0 Å². The Morgan fingerprint density at radius 2 is 1.26 bits per heavy atom. The van der Waals surface area contributed by atoms with Crippen LogP contribution in [0.1, 0.15) is 36.8 Å². The zero-order valence-electron chi connectivity index (χ0n) is 12.8. The van der Waals surface area contributed by atoms with Crippen molar-refractivity contribution in [3.8, 4) is 0 Å². The van der Waals surface area contributed by atoms with Gasteiger partial charge in [0, 0.05) is 6.42 Å². The standard InChI is InChI=1S/C19H20O4/c20-17(21)13-7-8-14-19(18(22)23,15-9-3-1-4-10-15)16-11-5-2-6-12-16/h1-6,9-12H,7-8,13-14H2,(H,20,21)(H,22,23). The van der Waals surface area contributed by atoms with E-state index in [1.54, 1.807) is 0 Å². The molecule has 0 unspecified atom stereocenters. The van der Waals surface area contributed by atoms with Crippen LogP contribution >= 0.6 is 0 Å². The Bertz CT molecular complexity index is 610. The Balaban J connectivity index is 2.40. The molecule has 2 aromatic rings. The highest BCUT2D eigenvalue weighted by Gasteiger charge is 2.41. The van der Waals surface area contributed by atoms with E-state index in [1.165, 1.54) is 0 Å². The highest BCUT2D eigenvalue weighted by Crippen LogP contribution is 2.37. The lowest BCUT2D eigenvalue weighted by Crippen LogP contribution is -2.37. The van der Waals surface area contributed by atoms with E-state index in [2.05, 4.69) is 0 Å². The molecule has 2 N–H and O–H groups in total. The molecule has 2 aromatic carbocycles. The molecule has 0 atom stereocenters. The first-order valence-electron chi connectivity index (χ1n) is 7.63. The van der Waals surface area contributed by atoms with Crippen LogP contribution in [0.25, 0.3) is 0 Å². The number of rotatable bonds is 8. The van der Waals surface area contributed by atoms with Crippen LogP contribution in [0.5, 0.6) is 0 Å². The van der Waals surface area contributed by atoms with Gasteiger partial charge in [-0.25, -0.2) is 0 Å². The second-order valence-electron chi connectivity index (χ2n) is 5.54. The largest absolute Gasteiger partial charge is 0.481 e. The first-order chi connectivity index (χ1) is 11.1. The fourth-order valence-electron chi connectivity index (χ4n) is 2.92. The fourth-order valence-corrected chi connectivity index (χ4v) is 2.92. The molecule has 0 spiro atoms. The van der Waals surface area contributed by atoms with Crippen LogP contribution in [-0.2, 0) is 15.0 Å².